The zero-order chi connectivity index (χ0) is 24.2. The van der Waals surface area contributed by atoms with Crippen LogP contribution >= 0.6 is 0 Å². The number of rotatable bonds is 7. The molecule has 10 heteroatoms. The Bertz CT molecular complexity index is 984. The van der Waals surface area contributed by atoms with Crippen LogP contribution in [0.15, 0.2) is 41.2 Å². The average molecular weight is 459 g/mol. The highest BCUT2D eigenvalue weighted by Crippen LogP contribution is 2.29. The van der Waals surface area contributed by atoms with E-state index in [1.54, 1.807) is 45.4 Å². The lowest BCUT2D eigenvalue weighted by Gasteiger charge is -2.34. The number of aromatic nitrogens is 1. The van der Waals surface area contributed by atoms with Crippen molar-refractivity contribution in [3.05, 3.63) is 36.8 Å². The lowest BCUT2D eigenvalue weighted by Crippen LogP contribution is -2.56. The minimum atomic E-state index is -1.10. The van der Waals surface area contributed by atoms with Crippen molar-refractivity contribution in [3.8, 4) is 17.1 Å². The van der Waals surface area contributed by atoms with Crippen molar-refractivity contribution in [2.75, 3.05) is 20.3 Å². The number of pyridine rings is 1. The standard InChI is InChI=1S/C23H29N3O7/c1-23(2,3)19(25-22(30)31-4)20(27)26-11-14(10-17(26)21(28)29)12-33-18-7-5-6-16(24-18)15-8-9-32-13-15/h5-9,13-14,17,19H,10-12H2,1-4H3,(H,25,30)(H,28,29). The molecule has 0 spiro atoms. The zero-order valence-corrected chi connectivity index (χ0v) is 19.1. The molecule has 0 saturated carbocycles. The van der Waals surface area contributed by atoms with E-state index in [1.165, 1.54) is 12.0 Å². The molecule has 1 aliphatic rings. The number of ether oxygens (including phenoxy) is 2. The van der Waals surface area contributed by atoms with Gasteiger partial charge < -0.3 is 29.2 Å². The number of carbonyl (C=O) groups is 3. The zero-order valence-electron chi connectivity index (χ0n) is 19.1. The number of likely N-dealkylation sites (tertiary alicyclic amines) is 1. The summed E-state index contributed by atoms with van der Waals surface area (Å²) in [4.78, 5) is 42.7. The molecule has 3 unspecified atom stereocenters. The number of carbonyl (C=O) groups excluding carboxylic acids is 2. The quantitative estimate of drug-likeness (QED) is 0.646. The van der Waals surface area contributed by atoms with E-state index in [1.807, 2.05) is 12.1 Å². The topological polar surface area (TPSA) is 131 Å². The van der Waals surface area contributed by atoms with E-state index in [9.17, 15) is 19.5 Å². The summed E-state index contributed by atoms with van der Waals surface area (Å²) in [5.74, 6) is -1.39. The molecule has 0 aliphatic carbocycles. The molecule has 3 rings (SSSR count). The first kappa shape index (κ1) is 24.1. The molecule has 2 amide bonds. The van der Waals surface area contributed by atoms with Crippen LogP contribution in [-0.2, 0) is 14.3 Å². The summed E-state index contributed by atoms with van der Waals surface area (Å²) in [5, 5.41) is 12.3. The van der Waals surface area contributed by atoms with Crippen molar-refractivity contribution >= 4 is 18.0 Å². The number of hydrogen-bond acceptors (Lipinski definition) is 7. The molecule has 3 atom stereocenters. The van der Waals surface area contributed by atoms with Gasteiger partial charge in [-0.05, 0) is 24.0 Å². The molecule has 178 valence electrons. The van der Waals surface area contributed by atoms with Crippen LogP contribution < -0.4 is 10.1 Å². The smallest absolute Gasteiger partial charge is 0.407 e. The second kappa shape index (κ2) is 9.93. The van der Waals surface area contributed by atoms with Crippen LogP contribution in [0.3, 0.4) is 0 Å². The third-order valence-corrected chi connectivity index (χ3v) is 5.52. The van der Waals surface area contributed by atoms with Crippen LogP contribution in [0.5, 0.6) is 5.88 Å². The molecular formula is C23H29N3O7. The van der Waals surface area contributed by atoms with Gasteiger partial charge in [0.2, 0.25) is 11.8 Å². The van der Waals surface area contributed by atoms with Gasteiger partial charge in [-0.3, -0.25) is 4.79 Å². The van der Waals surface area contributed by atoms with E-state index < -0.39 is 35.5 Å². The second-order valence-corrected chi connectivity index (χ2v) is 9.07. The summed E-state index contributed by atoms with van der Waals surface area (Å²) in [6.07, 6.45) is 2.62. The Balaban J connectivity index is 1.70. The van der Waals surface area contributed by atoms with Crippen molar-refractivity contribution in [1.29, 1.82) is 0 Å². The third-order valence-electron chi connectivity index (χ3n) is 5.52. The molecule has 2 aromatic rings. The molecule has 0 radical (unpaired) electrons. The predicted octanol–water partition coefficient (Wildman–Crippen LogP) is 2.79. The Morgan fingerprint density at radius 3 is 2.67 bits per heavy atom. The van der Waals surface area contributed by atoms with Crippen LogP contribution in [0.4, 0.5) is 4.79 Å². The molecule has 1 aliphatic heterocycles. The van der Waals surface area contributed by atoms with Gasteiger partial charge in [-0.2, -0.15) is 0 Å². The van der Waals surface area contributed by atoms with Crippen molar-refractivity contribution in [3.63, 3.8) is 0 Å². The maximum absolute atomic E-state index is 13.3. The highest BCUT2D eigenvalue weighted by Gasteiger charge is 2.45. The van der Waals surface area contributed by atoms with E-state index in [2.05, 4.69) is 15.0 Å². The van der Waals surface area contributed by atoms with E-state index in [4.69, 9.17) is 9.15 Å². The van der Waals surface area contributed by atoms with E-state index in [0.29, 0.717) is 11.6 Å². The van der Waals surface area contributed by atoms with Gasteiger partial charge in [0.25, 0.3) is 0 Å². The summed E-state index contributed by atoms with van der Waals surface area (Å²) in [5.41, 5.74) is 0.852. The van der Waals surface area contributed by atoms with Gasteiger partial charge in [-0.1, -0.05) is 26.8 Å². The molecule has 10 nitrogen and oxygen atoms in total. The van der Waals surface area contributed by atoms with Crippen molar-refractivity contribution in [2.24, 2.45) is 11.3 Å². The van der Waals surface area contributed by atoms with Crippen LogP contribution in [0.25, 0.3) is 11.3 Å². The molecule has 1 fully saturated rings. The Morgan fingerprint density at radius 1 is 1.30 bits per heavy atom. The minimum Gasteiger partial charge on any atom is -0.480 e. The van der Waals surface area contributed by atoms with Crippen molar-refractivity contribution in [2.45, 2.75) is 39.3 Å². The third kappa shape index (κ3) is 5.82. The molecule has 0 aromatic carbocycles. The first-order valence-corrected chi connectivity index (χ1v) is 10.6. The van der Waals surface area contributed by atoms with Crippen LogP contribution in [-0.4, -0.2) is 65.3 Å². The van der Waals surface area contributed by atoms with Crippen LogP contribution in [0.1, 0.15) is 27.2 Å². The number of hydrogen-bond donors (Lipinski definition) is 2. The molecule has 1 saturated heterocycles. The van der Waals surface area contributed by atoms with Gasteiger partial charge >= 0.3 is 12.1 Å². The molecule has 2 N–H and O–H groups in total. The normalized spacial score (nSPS) is 19.1. The average Bonchev–Trinajstić information content (AvgIpc) is 3.45. The van der Waals surface area contributed by atoms with Crippen LogP contribution in [0, 0.1) is 11.3 Å². The van der Waals surface area contributed by atoms with Gasteiger partial charge in [0.15, 0.2) is 0 Å². The highest BCUT2D eigenvalue weighted by molar-refractivity contribution is 5.90. The fourth-order valence-electron chi connectivity index (χ4n) is 3.78. The largest absolute Gasteiger partial charge is 0.480 e. The van der Waals surface area contributed by atoms with Crippen LogP contribution in [0.2, 0.25) is 0 Å². The Morgan fingerprint density at radius 2 is 2.06 bits per heavy atom. The number of aliphatic carboxylic acids is 1. The molecular weight excluding hydrogens is 430 g/mol. The minimum absolute atomic E-state index is 0.187. The maximum atomic E-state index is 13.3. The highest BCUT2D eigenvalue weighted by atomic mass is 16.5. The fourth-order valence-corrected chi connectivity index (χ4v) is 3.78. The summed E-state index contributed by atoms with van der Waals surface area (Å²) in [6.45, 7) is 5.75. The van der Waals surface area contributed by atoms with Gasteiger partial charge in [0, 0.05) is 24.1 Å². The predicted molar refractivity (Wildman–Crippen MR) is 117 cm³/mol. The Kier molecular flexibility index (Phi) is 7.25. The summed E-state index contributed by atoms with van der Waals surface area (Å²) in [6, 6.07) is 5.18. The first-order chi connectivity index (χ1) is 15.6. The van der Waals surface area contributed by atoms with Gasteiger partial charge in [0.05, 0.1) is 31.9 Å². The molecule has 0 bridgehead atoms. The maximum Gasteiger partial charge on any atom is 0.407 e. The molecule has 3 heterocycles. The number of methoxy groups -OCH3 is 1. The number of carboxylic acid groups (broad SMARTS) is 1. The summed E-state index contributed by atoms with van der Waals surface area (Å²) in [7, 11) is 1.21. The second-order valence-electron chi connectivity index (χ2n) is 9.07. The monoisotopic (exact) mass is 459 g/mol. The fraction of sp³-hybridized carbons (Fsp3) is 0.478. The van der Waals surface area contributed by atoms with Crippen molar-refractivity contribution < 1.29 is 33.4 Å². The number of alkyl carbamates (subject to hydrolysis) is 1. The number of amides is 2. The van der Waals surface area contributed by atoms with Crippen molar-refractivity contribution in [1.82, 2.24) is 15.2 Å². The lowest BCUT2D eigenvalue weighted by atomic mass is 9.85. The summed E-state index contributed by atoms with van der Waals surface area (Å²) < 4.78 is 15.6. The Hall–Kier alpha value is -3.56. The van der Waals surface area contributed by atoms with E-state index in [-0.39, 0.29) is 25.5 Å². The number of nitrogens with one attached hydrogen (secondary N) is 1. The lowest BCUT2D eigenvalue weighted by molar-refractivity contribution is -0.150. The van der Waals surface area contributed by atoms with Gasteiger partial charge in [-0.15, -0.1) is 0 Å². The molecule has 2 aromatic heterocycles. The van der Waals surface area contributed by atoms with Gasteiger partial charge in [-0.25, -0.2) is 14.6 Å². The summed E-state index contributed by atoms with van der Waals surface area (Å²) >= 11 is 0. The van der Waals surface area contributed by atoms with Gasteiger partial charge in [0.1, 0.15) is 12.1 Å². The SMILES string of the molecule is COC(=O)NC(C(=O)N1CC(COc2cccc(-c3ccoc3)n2)CC1C(=O)O)C(C)(C)C. The molecule has 33 heavy (non-hydrogen) atoms. The number of nitrogens with zero attached hydrogens (tertiary/aromatic N) is 2. The first-order valence-electron chi connectivity index (χ1n) is 10.6. The number of furan rings is 1. The van der Waals surface area contributed by atoms with E-state index >= 15 is 0 Å². The number of carboxylic acids is 1. The van der Waals surface area contributed by atoms with E-state index in [0.717, 1.165) is 5.56 Å². The Labute approximate surface area is 191 Å².